The first-order valence-corrected chi connectivity index (χ1v) is 15.1. The van der Waals surface area contributed by atoms with E-state index in [1.54, 1.807) is 0 Å². The fourth-order valence-electron chi connectivity index (χ4n) is 7.32. The minimum absolute atomic E-state index is 0.938. The van der Waals surface area contributed by atoms with Gasteiger partial charge in [-0.2, -0.15) is 0 Å². The lowest BCUT2D eigenvalue weighted by Crippen LogP contribution is -1.91. The third-order valence-electron chi connectivity index (χ3n) is 9.35. The van der Waals surface area contributed by atoms with E-state index in [1.165, 1.54) is 88.0 Å². The molecule has 0 heterocycles. The second kappa shape index (κ2) is 9.54. The zero-order valence-corrected chi connectivity index (χ0v) is 23.7. The van der Waals surface area contributed by atoms with E-state index in [0.29, 0.717) is 0 Å². The first-order valence-electron chi connectivity index (χ1n) is 15.1. The number of hydrogen-bond acceptors (Lipinski definition) is 0. The summed E-state index contributed by atoms with van der Waals surface area (Å²) in [5.74, 6) is 0. The van der Waals surface area contributed by atoms with E-state index in [1.807, 2.05) is 0 Å². The van der Waals surface area contributed by atoms with Crippen LogP contribution in [0.2, 0.25) is 0 Å². The molecule has 0 N–H and O–H groups in total. The van der Waals surface area contributed by atoms with Gasteiger partial charge in [-0.3, -0.25) is 0 Å². The van der Waals surface area contributed by atoms with Crippen molar-refractivity contribution in [3.05, 3.63) is 169 Å². The third-order valence-corrected chi connectivity index (χ3v) is 9.35. The van der Waals surface area contributed by atoms with E-state index < -0.39 is 0 Å². The Kier molecular flexibility index (Phi) is 5.36. The van der Waals surface area contributed by atoms with Crippen LogP contribution in [0, 0.1) is 0 Å². The molecule has 0 bridgehead atoms. The fourth-order valence-corrected chi connectivity index (χ4v) is 7.32. The Labute approximate surface area is 251 Å². The summed E-state index contributed by atoms with van der Waals surface area (Å²) in [4.78, 5) is 0. The van der Waals surface area contributed by atoms with Crippen LogP contribution in [-0.4, -0.2) is 0 Å². The van der Waals surface area contributed by atoms with Crippen LogP contribution in [0.15, 0.2) is 158 Å². The first-order chi connectivity index (χ1) is 21.3. The Morgan fingerprint density at radius 2 is 0.674 bits per heavy atom. The van der Waals surface area contributed by atoms with Crippen LogP contribution in [0.3, 0.4) is 0 Å². The lowest BCUT2D eigenvalue weighted by Gasteiger charge is -2.14. The normalized spacial score (nSPS) is 12.1. The topological polar surface area (TPSA) is 0 Å². The highest BCUT2D eigenvalue weighted by atomic mass is 14.3. The number of benzene rings is 8. The van der Waals surface area contributed by atoms with Gasteiger partial charge in [0.25, 0.3) is 0 Å². The number of rotatable bonds is 3. The van der Waals surface area contributed by atoms with E-state index in [-0.39, 0.29) is 0 Å². The molecule has 0 amide bonds. The van der Waals surface area contributed by atoms with Gasteiger partial charge in [0, 0.05) is 0 Å². The summed E-state index contributed by atoms with van der Waals surface area (Å²) in [5.41, 5.74) is 13.3. The molecular weight excluding hydrogens is 516 g/mol. The van der Waals surface area contributed by atoms with E-state index >= 15 is 0 Å². The second-order valence-corrected chi connectivity index (χ2v) is 11.6. The van der Waals surface area contributed by atoms with Crippen molar-refractivity contribution < 1.29 is 0 Å². The van der Waals surface area contributed by atoms with Crippen molar-refractivity contribution in [3.8, 4) is 44.5 Å². The standard InChI is InChI=1S/C43H28/c1-2-10-28(11-3-1)29-20-22-30(23-21-29)32-16-8-18-38-39-19-9-17-33(43(39)27-42(32)38)31-24-25-40-36-14-5-4-12-34(36)35-13-6-7-15-37(35)41(40)26-31/h1-26H,27H2. The number of fused-ring (bicyclic) bond motifs is 9. The van der Waals surface area contributed by atoms with Gasteiger partial charge in [-0.1, -0.05) is 152 Å². The Bertz CT molecular complexity index is 2310. The van der Waals surface area contributed by atoms with Crippen molar-refractivity contribution in [2.45, 2.75) is 6.42 Å². The van der Waals surface area contributed by atoms with Crippen molar-refractivity contribution in [2.24, 2.45) is 0 Å². The monoisotopic (exact) mass is 544 g/mol. The van der Waals surface area contributed by atoms with Crippen LogP contribution < -0.4 is 0 Å². The van der Waals surface area contributed by atoms with Crippen molar-refractivity contribution >= 4 is 32.3 Å². The minimum Gasteiger partial charge on any atom is -0.0622 e. The second-order valence-electron chi connectivity index (χ2n) is 11.6. The quantitative estimate of drug-likeness (QED) is 0.194. The summed E-state index contributed by atoms with van der Waals surface area (Å²) in [7, 11) is 0. The van der Waals surface area contributed by atoms with Gasteiger partial charge in [-0.05, 0) is 100 Å². The van der Waals surface area contributed by atoms with Gasteiger partial charge in [0.2, 0.25) is 0 Å². The maximum Gasteiger partial charge on any atom is -0.000112 e. The van der Waals surface area contributed by atoms with Gasteiger partial charge in [0.05, 0.1) is 0 Å². The molecule has 8 aromatic carbocycles. The smallest absolute Gasteiger partial charge is 0.000112 e. The summed E-state index contributed by atoms with van der Waals surface area (Å²) in [6.45, 7) is 0. The highest BCUT2D eigenvalue weighted by Crippen LogP contribution is 2.46. The third kappa shape index (κ3) is 3.77. The van der Waals surface area contributed by atoms with Crippen LogP contribution >= 0.6 is 0 Å². The first kappa shape index (κ1) is 24.2. The Hall–Kier alpha value is -5.46. The predicted molar refractivity (Wildman–Crippen MR) is 184 cm³/mol. The average molecular weight is 545 g/mol. The Morgan fingerprint density at radius 1 is 0.256 bits per heavy atom. The Balaban J connectivity index is 1.17. The molecule has 0 saturated heterocycles. The lowest BCUT2D eigenvalue weighted by atomic mass is 9.90. The molecule has 0 aliphatic heterocycles. The van der Waals surface area contributed by atoms with Gasteiger partial charge in [-0.15, -0.1) is 0 Å². The summed E-state index contributed by atoms with van der Waals surface area (Å²) in [6.07, 6.45) is 0.938. The molecule has 0 fully saturated rings. The maximum atomic E-state index is 2.42. The molecule has 0 nitrogen and oxygen atoms in total. The van der Waals surface area contributed by atoms with E-state index in [0.717, 1.165) is 6.42 Å². The molecule has 0 radical (unpaired) electrons. The van der Waals surface area contributed by atoms with Gasteiger partial charge in [0.15, 0.2) is 0 Å². The molecule has 1 aliphatic carbocycles. The molecule has 43 heavy (non-hydrogen) atoms. The van der Waals surface area contributed by atoms with E-state index in [9.17, 15) is 0 Å². The van der Waals surface area contributed by atoms with Crippen molar-refractivity contribution in [3.63, 3.8) is 0 Å². The molecule has 1 aliphatic rings. The molecule has 0 spiro atoms. The van der Waals surface area contributed by atoms with Crippen LogP contribution in [-0.2, 0) is 6.42 Å². The van der Waals surface area contributed by atoms with Crippen LogP contribution in [0.1, 0.15) is 11.1 Å². The van der Waals surface area contributed by atoms with Gasteiger partial charge in [0.1, 0.15) is 0 Å². The average Bonchev–Trinajstić information content (AvgIpc) is 3.48. The van der Waals surface area contributed by atoms with E-state index in [4.69, 9.17) is 0 Å². The SMILES string of the molecule is c1ccc(-c2ccc(-c3cccc4c3Cc3c(-c5ccc6c7ccccc7c7ccccc7c6c5)cccc3-4)cc2)cc1. The molecule has 0 aromatic heterocycles. The molecule has 0 unspecified atom stereocenters. The predicted octanol–water partition coefficient (Wildman–Crippen LogP) is 11.7. The fraction of sp³-hybridized carbons (Fsp3) is 0.0233. The summed E-state index contributed by atoms with van der Waals surface area (Å²) >= 11 is 0. The van der Waals surface area contributed by atoms with Gasteiger partial charge >= 0.3 is 0 Å². The molecule has 200 valence electrons. The number of hydrogen-bond donors (Lipinski definition) is 0. The molecule has 9 rings (SSSR count). The summed E-state index contributed by atoms with van der Waals surface area (Å²) in [6, 6.07) is 58.0. The van der Waals surface area contributed by atoms with Crippen molar-refractivity contribution in [1.29, 1.82) is 0 Å². The highest BCUT2D eigenvalue weighted by molar-refractivity contribution is 6.25. The molecule has 0 atom stereocenters. The van der Waals surface area contributed by atoms with Crippen LogP contribution in [0.4, 0.5) is 0 Å². The minimum atomic E-state index is 0.938. The summed E-state index contributed by atoms with van der Waals surface area (Å²) in [5, 5.41) is 7.90. The van der Waals surface area contributed by atoms with E-state index in [2.05, 4.69) is 158 Å². The van der Waals surface area contributed by atoms with Gasteiger partial charge < -0.3 is 0 Å². The summed E-state index contributed by atoms with van der Waals surface area (Å²) < 4.78 is 0. The van der Waals surface area contributed by atoms with Crippen molar-refractivity contribution in [2.75, 3.05) is 0 Å². The largest absolute Gasteiger partial charge is 0.0622 e. The molecule has 0 heteroatoms. The zero-order chi connectivity index (χ0) is 28.3. The zero-order valence-electron chi connectivity index (χ0n) is 23.7. The van der Waals surface area contributed by atoms with Crippen LogP contribution in [0.25, 0.3) is 76.8 Å². The molecule has 0 saturated carbocycles. The molecular formula is C43H28. The van der Waals surface area contributed by atoms with Crippen LogP contribution in [0.5, 0.6) is 0 Å². The van der Waals surface area contributed by atoms with Crippen molar-refractivity contribution in [1.82, 2.24) is 0 Å². The molecule has 8 aromatic rings. The maximum absolute atomic E-state index is 2.42. The Morgan fingerprint density at radius 3 is 1.28 bits per heavy atom. The van der Waals surface area contributed by atoms with Gasteiger partial charge in [-0.25, -0.2) is 0 Å². The highest BCUT2D eigenvalue weighted by Gasteiger charge is 2.24. The lowest BCUT2D eigenvalue weighted by molar-refractivity contribution is 1.26.